The third-order valence-electron chi connectivity index (χ3n) is 2.77. The molecule has 0 aliphatic heterocycles. The average molecular weight is 292 g/mol. The zero-order valence-electron chi connectivity index (χ0n) is 11.0. The quantitative estimate of drug-likeness (QED) is 0.882. The molecule has 0 amide bonds. The molecule has 0 radical (unpaired) electrons. The highest BCUT2D eigenvalue weighted by molar-refractivity contribution is 7.92. The third-order valence-corrected chi connectivity index (χ3v) is 4.19. The van der Waals surface area contributed by atoms with E-state index in [4.69, 9.17) is 10.5 Å². The van der Waals surface area contributed by atoms with Crippen molar-refractivity contribution in [2.45, 2.75) is 11.4 Å². The van der Waals surface area contributed by atoms with Crippen molar-refractivity contribution in [1.82, 2.24) is 0 Å². The number of ether oxygens (including phenoxy) is 1. The SMILES string of the molecule is COc1ccccc1S(=O)(=O)Nc1cccc(CN)c1. The van der Waals surface area contributed by atoms with Gasteiger partial charge in [0.1, 0.15) is 10.6 Å². The van der Waals surface area contributed by atoms with E-state index in [0.717, 1.165) is 5.56 Å². The number of para-hydroxylation sites is 1. The van der Waals surface area contributed by atoms with Crippen LogP contribution in [0.4, 0.5) is 5.69 Å². The lowest BCUT2D eigenvalue weighted by Gasteiger charge is -2.11. The number of rotatable bonds is 5. The Morgan fingerprint density at radius 1 is 1.15 bits per heavy atom. The van der Waals surface area contributed by atoms with Crippen molar-refractivity contribution in [2.75, 3.05) is 11.8 Å². The van der Waals surface area contributed by atoms with Crippen molar-refractivity contribution in [3.63, 3.8) is 0 Å². The normalized spacial score (nSPS) is 11.1. The second-order valence-corrected chi connectivity index (χ2v) is 5.81. The Hall–Kier alpha value is -2.05. The van der Waals surface area contributed by atoms with Crippen LogP contribution in [0, 0.1) is 0 Å². The molecule has 5 nitrogen and oxygen atoms in total. The molecule has 0 saturated heterocycles. The van der Waals surface area contributed by atoms with E-state index in [1.165, 1.54) is 13.2 Å². The van der Waals surface area contributed by atoms with E-state index in [-0.39, 0.29) is 4.90 Å². The Bertz CT molecular complexity index is 699. The molecule has 2 aromatic rings. The first-order valence-electron chi connectivity index (χ1n) is 6.01. The van der Waals surface area contributed by atoms with Crippen molar-refractivity contribution in [1.29, 1.82) is 0 Å². The summed E-state index contributed by atoms with van der Waals surface area (Å²) in [5.41, 5.74) is 6.87. The van der Waals surface area contributed by atoms with E-state index in [1.54, 1.807) is 36.4 Å². The minimum atomic E-state index is -3.70. The molecule has 0 aliphatic rings. The second kappa shape index (κ2) is 5.94. The van der Waals surface area contributed by atoms with Gasteiger partial charge in [0.25, 0.3) is 10.0 Å². The Morgan fingerprint density at radius 3 is 2.60 bits per heavy atom. The van der Waals surface area contributed by atoms with Crippen LogP contribution in [0.15, 0.2) is 53.4 Å². The van der Waals surface area contributed by atoms with Gasteiger partial charge in [-0.05, 0) is 29.8 Å². The molecule has 2 rings (SSSR count). The minimum absolute atomic E-state index is 0.0978. The zero-order valence-corrected chi connectivity index (χ0v) is 11.9. The number of benzene rings is 2. The van der Waals surface area contributed by atoms with Gasteiger partial charge < -0.3 is 10.5 Å². The van der Waals surface area contributed by atoms with Crippen molar-refractivity contribution >= 4 is 15.7 Å². The number of anilines is 1. The van der Waals surface area contributed by atoms with E-state index in [9.17, 15) is 8.42 Å². The fourth-order valence-corrected chi connectivity index (χ4v) is 3.03. The third kappa shape index (κ3) is 3.09. The molecule has 0 atom stereocenters. The van der Waals surface area contributed by atoms with E-state index in [2.05, 4.69) is 4.72 Å². The smallest absolute Gasteiger partial charge is 0.265 e. The minimum Gasteiger partial charge on any atom is -0.495 e. The largest absolute Gasteiger partial charge is 0.495 e. The lowest BCUT2D eigenvalue weighted by Crippen LogP contribution is -2.14. The van der Waals surface area contributed by atoms with Gasteiger partial charge in [0.2, 0.25) is 0 Å². The predicted molar refractivity (Wildman–Crippen MR) is 78.1 cm³/mol. The highest BCUT2D eigenvalue weighted by Gasteiger charge is 2.18. The van der Waals surface area contributed by atoms with Crippen LogP contribution >= 0.6 is 0 Å². The Balaban J connectivity index is 2.35. The van der Waals surface area contributed by atoms with E-state index in [0.29, 0.717) is 18.0 Å². The van der Waals surface area contributed by atoms with Crippen LogP contribution in [0.1, 0.15) is 5.56 Å². The molecule has 0 unspecified atom stereocenters. The Morgan fingerprint density at radius 2 is 1.90 bits per heavy atom. The maximum atomic E-state index is 12.4. The predicted octanol–water partition coefficient (Wildman–Crippen LogP) is 1.95. The van der Waals surface area contributed by atoms with E-state index < -0.39 is 10.0 Å². The number of sulfonamides is 1. The summed E-state index contributed by atoms with van der Waals surface area (Å²) in [5, 5.41) is 0. The first kappa shape index (κ1) is 14.4. The first-order chi connectivity index (χ1) is 9.56. The van der Waals surface area contributed by atoms with Gasteiger partial charge in [0.15, 0.2) is 0 Å². The monoisotopic (exact) mass is 292 g/mol. The summed E-state index contributed by atoms with van der Waals surface area (Å²) in [4.78, 5) is 0.0978. The number of hydrogen-bond acceptors (Lipinski definition) is 4. The maximum absolute atomic E-state index is 12.4. The number of nitrogens with one attached hydrogen (secondary N) is 1. The van der Waals surface area contributed by atoms with Gasteiger partial charge in [-0.15, -0.1) is 0 Å². The standard InChI is InChI=1S/C14H16N2O3S/c1-19-13-7-2-3-8-14(13)20(17,18)16-12-6-4-5-11(9-12)10-15/h2-9,16H,10,15H2,1H3. The molecular weight excluding hydrogens is 276 g/mol. The molecule has 0 saturated carbocycles. The number of methoxy groups -OCH3 is 1. The maximum Gasteiger partial charge on any atom is 0.265 e. The van der Waals surface area contributed by atoms with E-state index in [1.807, 2.05) is 6.07 Å². The fraction of sp³-hybridized carbons (Fsp3) is 0.143. The van der Waals surface area contributed by atoms with Gasteiger partial charge in [0, 0.05) is 12.2 Å². The van der Waals surface area contributed by atoms with Gasteiger partial charge in [-0.25, -0.2) is 8.42 Å². The van der Waals surface area contributed by atoms with Gasteiger partial charge in [-0.2, -0.15) is 0 Å². The molecule has 0 aromatic heterocycles. The van der Waals surface area contributed by atoms with Gasteiger partial charge >= 0.3 is 0 Å². The number of hydrogen-bond donors (Lipinski definition) is 2. The average Bonchev–Trinajstić information content (AvgIpc) is 2.47. The van der Waals surface area contributed by atoms with Crippen LogP contribution in [-0.4, -0.2) is 15.5 Å². The van der Waals surface area contributed by atoms with Crippen LogP contribution in [0.5, 0.6) is 5.75 Å². The highest BCUT2D eigenvalue weighted by Crippen LogP contribution is 2.25. The fourth-order valence-electron chi connectivity index (χ4n) is 1.81. The topological polar surface area (TPSA) is 81.4 Å². The molecular formula is C14H16N2O3S. The molecule has 0 fully saturated rings. The van der Waals surface area contributed by atoms with Crippen LogP contribution < -0.4 is 15.2 Å². The molecule has 3 N–H and O–H groups in total. The summed E-state index contributed by atoms with van der Waals surface area (Å²) in [6.45, 7) is 0.351. The molecule has 0 aliphatic carbocycles. The molecule has 0 heterocycles. The molecule has 6 heteroatoms. The van der Waals surface area contributed by atoms with Crippen molar-refractivity contribution < 1.29 is 13.2 Å². The molecule has 20 heavy (non-hydrogen) atoms. The van der Waals surface area contributed by atoms with Crippen molar-refractivity contribution in [3.05, 3.63) is 54.1 Å². The Labute approximate surface area is 118 Å². The number of nitrogens with two attached hydrogens (primary N) is 1. The van der Waals surface area contributed by atoms with Gasteiger partial charge in [-0.1, -0.05) is 24.3 Å². The van der Waals surface area contributed by atoms with Crippen LogP contribution in [0.2, 0.25) is 0 Å². The summed E-state index contributed by atoms with van der Waals surface area (Å²) < 4.78 is 32.3. The summed E-state index contributed by atoms with van der Waals surface area (Å²) >= 11 is 0. The zero-order chi connectivity index (χ0) is 14.6. The van der Waals surface area contributed by atoms with E-state index >= 15 is 0 Å². The first-order valence-corrected chi connectivity index (χ1v) is 7.50. The van der Waals surface area contributed by atoms with Gasteiger partial charge in [0.05, 0.1) is 7.11 Å². The van der Waals surface area contributed by atoms with Crippen molar-refractivity contribution in [3.8, 4) is 5.75 Å². The highest BCUT2D eigenvalue weighted by atomic mass is 32.2. The van der Waals surface area contributed by atoms with Crippen molar-refractivity contribution in [2.24, 2.45) is 5.73 Å². The summed E-state index contributed by atoms with van der Waals surface area (Å²) in [6.07, 6.45) is 0. The van der Waals surface area contributed by atoms with Crippen LogP contribution in [0.25, 0.3) is 0 Å². The molecule has 2 aromatic carbocycles. The molecule has 0 spiro atoms. The van der Waals surface area contributed by atoms with Crippen LogP contribution in [0.3, 0.4) is 0 Å². The van der Waals surface area contributed by atoms with Gasteiger partial charge in [-0.3, -0.25) is 4.72 Å². The summed E-state index contributed by atoms with van der Waals surface area (Å²) in [5.74, 6) is 0.301. The summed E-state index contributed by atoms with van der Waals surface area (Å²) in [6, 6.07) is 13.4. The summed E-state index contributed by atoms with van der Waals surface area (Å²) in [7, 11) is -2.26. The lowest BCUT2D eigenvalue weighted by atomic mass is 10.2. The Kier molecular flexibility index (Phi) is 4.26. The molecule has 0 bridgehead atoms. The van der Waals surface area contributed by atoms with Crippen LogP contribution in [-0.2, 0) is 16.6 Å². The second-order valence-electron chi connectivity index (χ2n) is 4.16. The lowest BCUT2D eigenvalue weighted by molar-refractivity contribution is 0.403. The molecule has 106 valence electrons.